The lowest BCUT2D eigenvalue weighted by atomic mass is 10.1. The molecule has 0 saturated heterocycles. The Morgan fingerprint density at radius 2 is 1.55 bits per heavy atom. The van der Waals surface area contributed by atoms with Crippen LogP contribution in [0.25, 0.3) is 0 Å². The molecule has 0 unspecified atom stereocenters. The summed E-state index contributed by atoms with van der Waals surface area (Å²) in [6.07, 6.45) is -3.47. The van der Waals surface area contributed by atoms with Gasteiger partial charge in [-0.15, -0.1) is 0 Å². The van der Waals surface area contributed by atoms with Crippen molar-refractivity contribution >= 4 is 5.91 Å². The van der Waals surface area contributed by atoms with E-state index in [9.17, 15) is 18.0 Å². The Bertz CT molecular complexity index is 1010. The minimum atomic E-state index is -4.36. The Hall–Kier alpha value is -3.06. The highest BCUT2D eigenvalue weighted by molar-refractivity contribution is 5.91. The van der Waals surface area contributed by atoms with Gasteiger partial charge in [0.2, 0.25) is 0 Å². The third-order valence-electron chi connectivity index (χ3n) is 5.21. The fourth-order valence-corrected chi connectivity index (χ4v) is 3.43. The number of nitrogens with one attached hydrogen (secondary N) is 1. The molecular weight excluding hydrogens is 429 g/mol. The fraction of sp³-hybridized carbons (Fsp3) is 0.346. The number of amides is 1. The van der Waals surface area contributed by atoms with Gasteiger partial charge in [-0.05, 0) is 47.7 Å². The summed E-state index contributed by atoms with van der Waals surface area (Å²) in [6.45, 7) is 6.20. The molecule has 3 rings (SSSR count). The van der Waals surface area contributed by atoms with E-state index in [-0.39, 0.29) is 11.7 Å². The van der Waals surface area contributed by atoms with Crippen molar-refractivity contribution < 1.29 is 22.4 Å². The predicted molar refractivity (Wildman–Crippen MR) is 121 cm³/mol. The molecule has 0 bridgehead atoms. The molecular formula is C26H29F3N2O2. The smallest absolute Gasteiger partial charge is 0.416 e. The van der Waals surface area contributed by atoms with Crippen molar-refractivity contribution in [3.8, 4) is 0 Å². The zero-order valence-electron chi connectivity index (χ0n) is 18.9. The van der Waals surface area contributed by atoms with Gasteiger partial charge in [-0.25, -0.2) is 0 Å². The summed E-state index contributed by atoms with van der Waals surface area (Å²) in [6, 6.07) is 18.4. The van der Waals surface area contributed by atoms with Gasteiger partial charge in [0.1, 0.15) is 5.76 Å². The zero-order valence-corrected chi connectivity index (χ0v) is 18.9. The van der Waals surface area contributed by atoms with Crippen molar-refractivity contribution in [2.24, 2.45) is 5.92 Å². The summed E-state index contributed by atoms with van der Waals surface area (Å²) in [5.41, 5.74) is 1.17. The van der Waals surface area contributed by atoms with E-state index in [4.69, 9.17) is 4.42 Å². The molecule has 0 radical (unpaired) electrons. The number of carbonyl (C=O) groups excluding carboxylic acids is 1. The molecule has 4 nitrogen and oxygen atoms in total. The molecule has 33 heavy (non-hydrogen) atoms. The van der Waals surface area contributed by atoms with Crippen LogP contribution in [0.3, 0.4) is 0 Å². The summed E-state index contributed by atoms with van der Waals surface area (Å²) in [5, 5.41) is 2.86. The first-order valence-electron chi connectivity index (χ1n) is 11.0. The maximum Gasteiger partial charge on any atom is 0.416 e. The third-order valence-corrected chi connectivity index (χ3v) is 5.21. The summed E-state index contributed by atoms with van der Waals surface area (Å²) in [4.78, 5) is 14.4. The van der Waals surface area contributed by atoms with E-state index < -0.39 is 11.7 Å². The predicted octanol–water partition coefficient (Wildman–Crippen LogP) is 6.28. The summed E-state index contributed by atoms with van der Waals surface area (Å²) < 4.78 is 44.4. The molecule has 176 valence electrons. The van der Waals surface area contributed by atoms with Crippen LogP contribution in [0.2, 0.25) is 0 Å². The Morgan fingerprint density at radius 3 is 2.15 bits per heavy atom. The van der Waals surface area contributed by atoms with E-state index >= 15 is 0 Å². The van der Waals surface area contributed by atoms with Gasteiger partial charge >= 0.3 is 6.18 Å². The van der Waals surface area contributed by atoms with Gasteiger partial charge in [0, 0.05) is 19.6 Å². The van der Waals surface area contributed by atoms with Crippen LogP contribution < -0.4 is 5.32 Å². The van der Waals surface area contributed by atoms with Crippen LogP contribution in [0.15, 0.2) is 71.1 Å². The standard InChI is InChI=1S/C26H29F3N2O2/c1-19(2)14-15-30-25(32)24-13-12-23(33-24)18-31(16-20-6-4-3-5-7-20)17-21-8-10-22(11-9-21)26(27,28)29/h3-13,19H,14-18H2,1-2H3,(H,30,32). The number of halogens is 3. The summed E-state index contributed by atoms with van der Waals surface area (Å²) in [7, 11) is 0. The van der Waals surface area contributed by atoms with Crippen LogP contribution >= 0.6 is 0 Å². The number of rotatable bonds is 10. The Labute approximate surface area is 192 Å². The molecule has 7 heteroatoms. The van der Waals surface area contributed by atoms with Crippen molar-refractivity contribution in [2.75, 3.05) is 6.54 Å². The van der Waals surface area contributed by atoms with E-state index in [0.717, 1.165) is 29.7 Å². The largest absolute Gasteiger partial charge is 0.455 e. The van der Waals surface area contributed by atoms with Gasteiger partial charge in [0.25, 0.3) is 5.91 Å². The zero-order chi connectivity index (χ0) is 23.8. The highest BCUT2D eigenvalue weighted by Crippen LogP contribution is 2.29. The Morgan fingerprint density at radius 1 is 0.909 bits per heavy atom. The van der Waals surface area contributed by atoms with E-state index in [1.165, 1.54) is 12.1 Å². The third kappa shape index (κ3) is 7.79. The fourth-order valence-electron chi connectivity index (χ4n) is 3.43. The molecule has 0 fully saturated rings. The van der Waals surface area contributed by atoms with Gasteiger partial charge in [-0.1, -0.05) is 56.3 Å². The van der Waals surface area contributed by atoms with E-state index in [1.54, 1.807) is 12.1 Å². The first kappa shape index (κ1) is 24.6. The quantitative estimate of drug-likeness (QED) is 0.389. The minimum absolute atomic E-state index is 0.251. The van der Waals surface area contributed by atoms with Crippen LogP contribution in [0, 0.1) is 5.92 Å². The van der Waals surface area contributed by atoms with Crippen molar-refractivity contribution in [1.82, 2.24) is 10.2 Å². The van der Waals surface area contributed by atoms with Gasteiger partial charge in [0.15, 0.2) is 5.76 Å². The number of nitrogens with zero attached hydrogens (tertiary/aromatic N) is 1. The molecule has 0 aliphatic heterocycles. The molecule has 1 aromatic heterocycles. The molecule has 1 heterocycles. The normalized spacial score (nSPS) is 11.8. The number of benzene rings is 2. The monoisotopic (exact) mass is 458 g/mol. The molecule has 0 atom stereocenters. The van der Waals surface area contributed by atoms with E-state index in [2.05, 4.69) is 24.1 Å². The highest BCUT2D eigenvalue weighted by Gasteiger charge is 2.30. The maximum atomic E-state index is 12.9. The highest BCUT2D eigenvalue weighted by atomic mass is 19.4. The number of furan rings is 1. The van der Waals surface area contributed by atoms with Crippen LogP contribution in [-0.4, -0.2) is 17.4 Å². The van der Waals surface area contributed by atoms with E-state index in [1.807, 2.05) is 30.3 Å². The van der Waals surface area contributed by atoms with Gasteiger partial charge < -0.3 is 9.73 Å². The number of alkyl halides is 3. The van der Waals surface area contributed by atoms with Gasteiger partial charge in [0.05, 0.1) is 12.1 Å². The first-order valence-corrected chi connectivity index (χ1v) is 11.0. The number of hydrogen-bond donors (Lipinski definition) is 1. The van der Waals surface area contributed by atoms with Crippen molar-refractivity contribution in [2.45, 2.75) is 46.1 Å². The minimum Gasteiger partial charge on any atom is -0.455 e. The summed E-state index contributed by atoms with van der Waals surface area (Å²) in [5.74, 6) is 1.11. The average molecular weight is 459 g/mol. The molecule has 1 N–H and O–H groups in total. The van der Waals surface area contributed by atoms with Gasteiger partial charge in [-0.2, -0.15) is 13.2 Å². The molecule has 1 amide bonds. The lowest BCUT2D eigenvalue weighted by molar-refractivity contribution is -0.137. The first-order chi connectivity index (χ1) is 15.7. The van der Waals surface area contributed by atoms with E-state index in [0.29, 0.717) is 37.9 Å². The topological polar surface area (TPSA) is 45.5 Å². The van der Waals surface area contributed by atoms with Crippen molar-refractivity contribution in [3.63, 3.8) is 0 Å². The van der Waals surface area contributed by atoms with Crippen LogP contribution in [0.1, 0.15) is 53.3 Å². The number of carbonyl (C=O) groups is 1. The Balaban J connectivity index is 1.70. The summed E-state index contributed by atoms with van der Waals surface area (Å²) >= 11 is 0. The molecule has 0 saturated carbocycles. The average Bonchev–Trinajstić information content (AvgIpc) is 3.22. The van der Waals surface area contributed by atoms with Gasteiger partial charge in [-0.3, -0.25) is 9.69 Å². The lowest BCUT2D eigenvalue weighted by Crippen LogP contribution is -2.25. The molecule has 0 spiro atoms. The van der Waals surface area contributed by atoms with Crippen LogP contribution in [-0.2, 0) is 25.8 Å². The molecule has 0 aliphatic carbocycles. The second-order valence-electron chi connectivity index (χ2n) is 8.53. The second kappa shape index (κ2) is 11.2. The van der Waals surface area contributed by atoms with Crippen molar-refractivity contribution in [3.05, 3.63) is 94.9 Å². The molecule has 2 aromatic carbocycles. The maximum absolute atomic E-state index is 12.9. The van der Waals surface area contributed by atoms with Crippen molar-refractivity contribution in [1.29, 1.82) is 0 Å². The molecule has 3 aromatic rings. The molecule has 0 aliphatic rings. The Kier molecular flexibility index (Phi) is 8.33. The van der Waals surface area contributed by atoms with Crippen LogP contribution in [0.5, 0.6) is 0 Å². The van der Waals surface area contributed by atoms with Crippen LogP contribution in [0.4, 0.5) is 13.2 Å². The number of hydrogen-bond acceptors (Lipinski definition) is 3. The second-order valence-corrected chi connectivity index (χ2v) is 8.53. The lowest BCUT2D eigenvalue weighted by Gasteiger charge is -2.22. The SMILES string of the molecule is CC(C)CCNC(=O)c1ccc(CN(Cc2ccccc2)Cc2ccc(C(F)(F)F)cc2)o1.